The van der Waals surface area contributed by atoms with E-state index in [4.69, 9.17) is 4.74 Å². The molecule has 1 aliphatic rings. The summed E-state index contributed by atoms with van der Waals surface area (Å²) in [5.41, 5.74) is 0.0868. The number of amides is 1. The number of benzene rings is 1. The van der Waals surface area contributed by atoms with E-state index in [0.29, 0.717) is 0 Å². The number of ether oxygens (including phenoxy) is 3. The maximum atomic E-state index is 12.6. The fourth-order valence-electron chi connectivity index (χ4n) is 3.49. The molecule has 11 nitrogen and oxygen atoms in total. The van der Waals surface area contributed by atoms with Crippen molar-refractivity contribution in [3.63, 3.8) is 0 Å². The van der Waals surface area contributed by atoms with Crippen molar-refractivity contribution in [1.82, 2.24) is 4.31 Å². The largest absolute Gasteiger partial charge is 0.465 e. The van der Waals surface area contributed by atoms with Crippen LogP contribution < -0.4 is 5.32 Å². The SMILES string of the molecule is COC(=O)c1ccc(C(=O)OC)c(NC(=O)COC(=O)C2CCN(S(=O)(=O)c3cccs3)CC2)c1. The van der Waals surface area contributed by atoms with Gasteiger partial charge in [-0.25, -0.2) is 18.0 Å². The van der Waals surface area contributed by atoms with Crippen LogP contribution in [0.15, 0.2) is 39.9 Å². The number of hydrogen-bond donors (Lipinski definition) is 1. The van der Waals surface area contributed by atoms with Gasteiger partial charge in [-0.05, 0) is 42.5 Å². The molecule has 188 valence electrons. The maximum Gasteiger partial charge on any atom is 0.339 e. The number of rotatable bonds is 8. The van der Waals surface area contributed by atoms with Crippen LogP contribution in [0.3, 0.4) is 0 Å². The predicted molar refractivity (Wildman–Crippen MR) is 125 cm³/mol. The van der Waals surface area contributed by atoms with Gasteiger partial charge >= 0.3 is 17.9 Å². The maximum absolute atomic E-state index is 12.6. The van der Waals surface area contributed by atoms with E-state index in [9.17, 15) is 27.6 Å². The van der Waals surface area contributed by atoms with Crippen LogP contribution in [0.1, 0.15) is 33.6 Å². The predicted octanol–water partition coefficient (Wildman–Crippen LogP) is 1.90. The van der Waals surface area contributed by atoms with Gasteiger partial charge in [-0.3, -0.25) is 9.59 Å². The van der Waals surface area contributed by atoms with Gasteiger partial charge in [0.25, 0.3) is 15.9 Å². The molecule has 0 bridgehead atoms. The van der Waals surface area contributed by atoms with Crippen molar-refractivity contribution >= 4 is 50.9 Å². The molecular formula is C22H24N2O9S2. The van der Waals surface area contributed by atoms with Crippen molar-refractivity contribution in [2.75, 3.05) is 39.2 Å². The number of thiophene rings is 1. The highest BCUT2D eigenvalue weighted by Gasteiger charge is 2.33. The summed E-state index contributed by atoms with van der Waals surface area (Å²) in [5.74, 6) is -3.31. The lowest BCUT2D eigenvalue weighted by molar-refractivity contribution is -0.152. The summed E-state index contributed by atoms with van der Waals surface area (Å²) >= 11 is 1.13. The third kappa shape index (κ3) is 6.24. The highest BCUT2D eigenvalue weighted by molar-refractivity contribution is 7.91. The first-order valence-corrected chi connectivity index (χ1v) is 12.8. The number of sulfonamides is 1. The number of piperidine rings is 1. The number of hydrogen-bond acceptors (Lipinski definition) is 10. The Morgan fingerprint density at radius 3 is 2.34 bits per heavy atom. The molecule has 13 heteroatoms. The lowest BCUT2D eigenvalue weighted by atomic mass is 9.98. The summed E-state index contributed by atoms with van der Waals surface area (Å²) in [7, 11) is -1.23. The molecule has 1 aromatic heterocycles. The Balaban J connectivity index is 1.56. The number of carbonyl (C=O) groups is 4. The van der Waals surface area contributed by atoms with Gasteiger partial charge in [-0.2, -0.15) is 4.31 Å². The van der Waals surface area contributed by atoms with Gasteiger partial charge in [0.05, 0.1) is 37.0 Å². The first-order chi connectivity index (χ1) is 16.7. The van der Waals surface area contributed by atoms with Crippen LogP contribution in [-0.2, 0) is 33.8 Å². The number of carbonyl (C=O) groups excluding carboxylic acids is 4. The van der Waals surface area contributed by atoms with Crippen molar-refractivity contribution in [2.45, 2.75) is 17.1 Å². The van der Waals surface area contributed by atoms with Crippen molar-refractivity contribution in [3.8, 4) is 0 Å². The van der Waals surface area contributed by atoms with Gasteiger partial charge < -0.3 is 19.5 Å². The number of nitrogens with zero attached hydrogens (tertiary/aromatic N) is 1. The quantitative estimate of drug-likeness (QED) is 0.404. The number of methoxy groups -OCH3 is 2. The number of esters is 3. The Morgan fingerprint density at radius 2 is 1.74 bits per heavy atom. The minimum absolute atomic E-state index is 0.000786. The monoisotopic (exact) mass is 524 g/mol. The summed E-state index contributed by atoms with van der Waals surface area (Å²) in [5, 5.41) is 4.12. The van der Waals surface area contributed by atoms with E-state index < -0.39 is 46.4 Å². The molecule has 0 saturated carbocycles. The van der Waals surface area contributed by atoms with Gasteiger partial charge in [-0.1, -0.05) is 6.07 Å². The molecule has 1 aliphatic heterocycles. The second-order valence-corrected chi connectivity index (χ2v) is 10.6. The zero-order chi connectivity index (χ0) is 25.6. The topological polar surface area (TPSA) is 145 Å². The Morgan fingerprint density at radius 1 is 1.06 bits per heavy atom. The van der Waals surface area contributed by atoms with Crippen molar-refractivity contribution in [1.29, 1.82) is 0 Å². The molecule has 1 N–H and O–H groups in total. The van der Waals surface area contributed by atoms with E-state index in [2.05, 4.69) is 14.8 Å². The normalized spacial score (nSPS) is 14.7. The fourth-order valence-corrected chi connectivity index (χ4v) is 6.10. The van der Waals surface area contributed by atoms with E-state index in [1.165, 1.54) is 42.8 Å². The smallest absolute Gasteiger partial charge is 0.339 e. The van der Waals surface area contributed by atoms with E-state index in [-0.39, 0.29) is 47.0 Å². The van der Waals surface area contributed by atoms with Crippen molar-refractivity contribution in [2.24, 2.45) is 5.92 Å². The Kier molecular flexibility index (Phi) is 8.59. The Hall–Kier alpha value is -3.29. The molecule has 1 fully saturated rings. The average Bonchev–Trinajstić information content (AvgIpc) is 3.42. The molecule has 35 heavy (non-hydrogen) atoms. The molecule has 0 aliphatic carbocycles. The zero-order valence-corrected chi connectivity index (χ0v) is 20.6. The van der Waals surface area contributed by atoms with Gasteiger partial charge in [0.2, 0.25) is 0 Å². The second kappa shape index (κ2) is 11.4. The zero-order valence-electron chi connectivity index (χ0n) is 19.0. The van der Waals surface area contributed by atoms with E-state index in [1.807, 2.05) is 0 Å². The number of nitrogens with one attached hydrogen (secondary N) is 1. The average molecular weight is 525 g/mol. The lowest BCUT2D eigenvalue weighted by Crippen LogP contribution is -2.40. The van der Waals surface area contributed by atoms with Crippen LogP contribution in [-0.4, -0.2) is 70.5 Å². The fraction of sp³-hybridized carbons (Fsp3) is 0.364. The number of anilines is 1. The van der Waals surface area contributed by atoms with Gasteiger partial charge in [0.15, 0.2) is 6.61 Å². The van der Waals surface area contributed by atoms with Crippen molar-refractivity contribution in [3.05, 3.63) is 46.8 Å². The second-order valence-electron chi connectivity index (χ2n) is 7.51. The lowest BCUT2D eigenvalue weighted by Gasteiger charge is -2.29. The van der Waals surface area contributed by atoms with Gasteiger partial charge in [-0.15, -0.1) is 11.3 Å². The third-order valence-corrected chi connectivity index (χ3v) is 8.61. The summed E-state index contributed by atoms with van der Waals surface area (Å²) in [6, 6.07) is 7.09. The summed E-state index contributed by atoms with van der Waals surface area (Å²) in [4.78, 5) is 48.6. The Bertz CT molecular complexity index is 1200. The first kappa shape index (κ1) is 26.3. The third-order valence-electron chi connectivity index (χ3n) is 5.34. The molecule has 1 saturated heterocycles. The molecule has 2 heterocycles. The van der Waals surface area contributed by atoms with E-state index in [1.54, 1.807) is 11.4 Å². The highest BCUT2D eigenvalue weighted by atomic mass is 32.2. The molecule has 2 aromatic rings. The van der Waals surface area contributed by atoms with Crippen molar-refractivity contribution < 1.29 is 41.8 Å². The van der Waals surface area contributed by atoms with Gasteiger partial charge in [0.1, 0.15) is 4.21 Å². The molecule has 1 amide bonds. The van der Waals surface area contributed by atoms with Crippen LogP contribution in [0, 0.1) is 5.92 Å². The molecule has 0 spiro atoms. The van der Waals surface area contributed by atoms with Crippen LogP contribution in [0.5, 0.6) is 0 Å². The molecule has 0 radical (unpaired) electrons. The molecule has 3 rings (SSSR count). The Labute approximate surface area is 206 Å². The van der Waals surface area contributed by atoms with Crippen LogP contribution >= 0.6 is 11.3 Å². The van der Waals surface area contributed by atoms with Crippen LogP contribution in [0.25, 0.3) is 0 Å². The summed E-state index contributed by atoms with van der Waals surface area (Å²) < 4.78 is 41.2. The van der Waals surface area contributed by atoms with E-state index >= 15 is 0 Å². The molecule has 0 atom stereocenters. The molecular weight excluding hydrogens is 500 g/mol. The van der Waals surface area contributed by atoms with E-state index in [0.717, 1.165) is 11.3 Å². The summed E-state index contributed by atoms with van der Waals surface area (Å²) in [6.07, 6.45) is 0.525. The van der Waals surface area contributed by atoms with Crippen LogP contribution in [0.4, 0.5) is 5.69 Å². The molecule has 0 unspecified atom stereocenters. The van der Waals surface area contributed by atoms with Crippen LogP contribution in [0.2, 0.25) is 0 Å². The summed E-state index contributed by atoms with van der Waals surface area (Å²) in [6.45, 7) is -0.306. The van der Waals surface area contributed by atoms with Gasteiger partial charge in [0, 0.05) is 13.1 Å². The minimum atomic E-state index is -3.59. The minimum Gasteiger partial charge on any atom is -0.465 e. The molecule has 1 aromatic carbocycles. The standard InChI is InChI=1S/C22H24N2O9S2/c1-31-20(26)15-5-6-16(22(28)32-2)17(12-15)23-18(25)13-33-21(27)14-7-9-24(10-8-14)35(29,30)19-4-3-11-34-19/h3-6,11-12,14H,7-10,13H2,1-2H3,(H,23,25). The highest BCUT2D eigenvalue weighted by Crippen LogP contribution is 2.27. The first-order valence-electron chi connectivity index (χ1n) is 10.5.